The zero-order valence-electron chi connectivity index (χ0n) is 14.3. The lowest BCUT2D eigenvalue weighted by Gasteiger charge is -2.44. The van der Waals surface area contributed by atoms with Crippen molar-refractivity contribution in [2.45, 2.75) is 25.7 Å². The molecule has 3 N–H and O–H groups in total. The van der Waals surface area contributed by atoms with E-state index in [1.807, 2.05) is 0 Å². The third-order valence-electron chi connectivity index (χ3n) is 5.46. The maximum Gasteiger partial charge on any atom is 0.323 e. The Balaban J connectivity index is 1.38. The predicted molar refractivity (Wildman–Crippen MR) is 95.7 cm³/mol. The Hall–Kier alpha value is -2.12. The molecule has 25 heavy (non-hydrogen) atoms. The lowest BCUT2D eigenvalue weighted by molar-refractivity contribution is -0.118. The van der Waals surface area contributed by atoms with Gasteiger partial charge in [-0.2, -0.15) is 0 Å². The molecule has 1 amide bonds. The van der Waals surface area contributed by atoms with Gasteiger partial charge in [0.2, 0.25) is 5.91 Å². The van der Waals surface area contributed by atoms with Crippen LogP contribution in [0.5, 0.6) is 0 Å². The maximum absolute atomic E-state index is 12.4. The highest BCUT2D eigenvalue weighted by Gasteiger charge is 2.37. The van der Waals surface area contributed by atoms with Crippen molar-refractivity contribution in [1.29, 1.82) is 0 Å². The van der Waals surface area contributed by atoms with Crippen molar-refractivity contribution < 1.29 is 9.53 Å². The molecule has 0 saturated carbocycles. The number of hydrogen-bond acceptors (Lipinski definition) is 4. The van der Waals surface area contributed by atoms with Crippen molar-refractivity contribution >= 4 is 22.6 Å². The van der Waals surface area contributed by atoms with Crippen molar-refractivity contribution in [1.82, 2.24) is 14.9 Å². The number of ether oxygens (including phenoxy) is 1. The van der Waals surface area contributed by atoms with E-state index in [0.29, 0.717) is 23.2 Å². The normalized spacial score (nSPS) is 20.8. The van der Waals surface area contributed by atoms with Crippen LogP contribution in [0.25, 0.3) is 11.0 Å². The fourth-order valence-electron chi connectivity index (χ4n) is 4.17. The second-order valence-electron chi connectivity index (χ2n) is 7.31. The number of likely N-dealkylation sites (tertiary alicyclic amines) is 1. The number of H-pyrrole nitrogens is 2. The second-order valence-corrected chi connectivity index (χ2v) is 7.31. The second kappa shape index (κ2) is 6.65. The van der Waals surface area contributed by atoms with Gasteiger partial charge in [-0.15, -0.1) is 0 Å². The van der Waals surface area contributed by atoms with Gasteiger partial charge in [0.15, 0.2) is 0 Å². The van der Waals surface area contributed by atoms with E-state index in [0.717, 1.165) is 51.1 Å². The number of nitrogens with zero attached hydrogens (tertiary/aromatic N) is 1. The Kier molecular flexibility index (Phi) is 4.35. The van der Waals surface area contributed by atoms with Crippen LogP contribution in [0, 0.1) is 5.41 Å². The first-order valence-corrected chi connectivity index (χ1v) is 8.94. The lowest BCUT2D eigenvalue weighted by Crippen LogP contribution is -2.48. The van der Waals surface area contributed by atoms with Gasteiger partial charge in [-0.05, 0) is 55.8 Å². The van der Waals surface area contributed by atoms with Gasteiger partial charge in [-0.25, -0.2) is 4.79 Å². The molecule has 3 heterocycles. The summed E-state index contributed by atoms with van der Waals surface area (Å²) in [6.45, 7) is 4.04. The van der Waals surface area contributed by atoms with E-state index in [-0.39, 0.29) is 11.6 Å². The largest absolute Gasteiger partial charge is 0.381 e. The Morgan fingerprint density at radius 3 is 2.84 bits per heavy atom. The van der Waals surface area contributed by atoms with Crippen molar-refractivity contribution in [3.63, 3.8) is 0 Å². The number of anilines is 1. The minimum absolute atomic E-state index is 0.0126. The summed E-state index contributed by atoms with van der Waals surface area (Å²) in [7, 11) is 0. The van der Waals surface area contributed by atoms with Crippen molar-refractivity contribution in [3.05, 3.63) is 28.7 Å². The molecule has 1 spiro atoms. The number of aromatic nitrogens is 2. The molecule has 2 aliphatic heterocycles. The highest BCUT2D eigenvalue weighted by molar-refractivity contribution is 5.94. The number of rotatable bonds is 3. The summed E-state index contributed by atoms with van der Waals surface area (Å²) in [4.78, 5) is 31.4. The summed E-state index contributed by atoms with van der Waals surface area (Å²) in [5.74, 6) is -0.0126. The van der Waals surface area contributed by atoms with E-state index in [1.54, 1.807) is 18.2 Å². The average Bonchev–Trinajstić information content (AvgIpc) is 2.95. The zero-order chi connectivity index (χ0) is 17.3. The monoisotopic (exact) mass is 344 g/mol. The van der Waals surface area contributed by atoms with Gasteiger partial charge in [0.1, 0.15) is 0 Å². The van der Waals surface area contributed by atoms with E-state index in [1.165, 1.54) is 6.42 Å². The molecular formula is C18H24N4O3. The number of nitrogens with one attached hydrogen (secondary N) is 3. The molecule has 0 radical (unpaired) electrons. The summed E-state index contributed by atoms with van der Waals surface area (Å²) >= 11 is 0. The minimum atomic E-state index is -0.242. The SMILES string of the molecule is O=C(CN1CCCC2(CCOCC2)C1)Nc1ccc2[nH]c(=O)[nH]c2c1. The number of piperidine rings is 1. The van der Waals surface area contributed by atoms with Gasteiger partial charge in [-0.1, -0.05) is 0 Å². The zero-order valence-corrected chi connectivity index (χ0v) is 14.3. The highest BCUT2D eigenvalue weighted by atomic mass is 16.5. The molecule has 4 rings (SSSR count). The average molecular weight is 344 g/mol. The van der Waals surface area contributed by atoms with E-state index in [4.69, 9.17) is 4.74 Å². The first-order chi connectivity index (χ1) is 12.1. The molecule has 0 unspecified atom stereocenters. The Labute approximate surface area is 145 Å². The molecule has 1 aromatic carbocycles. The Morgan fingerprint density at radius 1 is 1.20 bits per heavy atom. The molecular weight excluding hydrogens is 320 g/mol. The lowest BCUT2D eigenvalue weighted by atomic mass is 9.74. The number of hydrogen-bond donors (Lipinski definition) is 3. The van der Waals surface area contributed by atoms with Gasteiger partial charge < -0.3 is 20.0 Å². The molecule has 134 valence electrons. The van der Waals surface area contributed by atoms with Crippen LogP contribution in [0.3, 0.4) is 0 Å². The van der Waals surface area contributed by atoms with E-state index < -0.39 is 0 Å². The molecule has 7 heteroatoms. The molecule has 2 aromatic rings. The molecule has 2 fully saturated rings. The van der Waals surface area contributed by atoms with Gasteiger partial charge in [-0.3, -0.25) is 9.69 Å². The first-order valence-electron chi connectivity index (χ1n) is 8.94. The van der Waals surface area contributed by atoms with Crippen molar-refractivity contribution in [2.24, 2.45) is 5.41 Å². The first kappa shape index (κ1) is 16.4. The molecule has 0 aliphatic carbocycles. The number of aromatic amines is 2. The number of fused-ring (bicyclic) bond motifs is 1. The summed E-state index contributed by atoms with van der Waals surface area (Å²) in [5.41, 5.74) is 2.22. The third kappa shape index (κ3) is 3.62. The number of benzene rings is 1. The number of carbonyl (C=O) groups is 1. The third-order valence-corrected chi connectivity index (χ3v) is 5.46. The van der Waals surface area contributed by atoms with Gasteiger partial charge in [0.05, 0.1) is 17.6 Å². The van der Waals surface area contributed by atoms with Crippen LogP contribution >= 0.6 is 0 Å². The van der Waals surface area contributed by atoms with Crippen LogP contribution in [-0.4, -0.2) is 53.6 Å². The van der Waals surface area contributed by atoms with E-state index >= 15 is 0 Å². The highest BCUT2D eigenvalue weighted by Crippen LogP contribution is 2.38. The summed E-state index contributed by atoms with van der Waals surface area (Å²) in [5, 5.41) is 2.94. The number of amides is 1. The quantitative estimate of drug-likeness (QED) is 0.790. The molecule has 0 bridgehead atoms. The standard InChI is InChI=1S/C18H24N4O3/c23-16(19-13-2-3-14-15(10-13)21-17(24)20-14)11-22-7-1-4-18(12-22)5-8-25-9-6-18/h2-3,10H,1,4-9,11-12H2,(H,19,23)(H2,20,21,24). The molecule has 0 atom stereocenters. The molecule has 2 saturated heterocycles. The predicted octanol–water partition coefficient (Wildman–Crippen LogP) is 1.69. The Morgan fingerprint density at radius 2 is 2.00 bits per heavy atom. The van der Waals surface area contributed by atoms with Crippen LogP contribution in [-0.2, 0) is 9.53 Å². The van der Waals surface area contributed by atoms with Crippen LogP contribution in [0.15, 0.2) is 23.0 Å². The van der Waals surface area contributed by atoms with Crippen LogP contribution in [0.1, 0.15) is 25.7 Å². The fourth-order valence-corrected chi connectivity index (χ4v) is 4.17. The topological polar surface area (TPSA) is 90.2 Å². The molecule has 7 nitrogen and oxygen atoms in total. The van der Waals surface area contributed by atoms with Crippen LogP contribution in [0.4, 0.5) is 5.69 Å². The van der Waals surface area contributed by atoms with Gasteiger partial charge in [0, 0.05) is 25.4 Å². The maximum atomic E-state index is 12.4. The molecule has 1 aromatic heterocycles. The summed E-state index contributed by atoms with van der Waals surface area (Å²) < 4.78 is 5.50. The Bertz CT molecular complexity index is 814. The molecule has 2 aliphatic rings. The summed E-state index contributed by atoms with van der Waals surface area (Å²) in [6, 6.07) is 5.38. The minimum Gasteiger partial charge on any atom is -0.381 e. The smallest absolute Gasteiger partial charge is 0.323 e. The van der Waals surface area contributed by atoms with E-state index in [9.17, 15) is 9.59 Å². The number of imidazole rings is 1. The van der Waals surface area contributed by atoms with Crippen molar-refractivity contribution in [2.75, 3.05) is 38.2 Å². The van der Waals surface area contributed by atoms with Crippen LogP contribution < -0.4 is 11.0 Å². The van der Waals surface area contributed by atoms with Gasteiger partial charge in [0.25, 0.3) is 0 Å². The fraction of sp³-hybridized carbons (Fsp3) is 0.556. The summed E-state index contributed by atoms with van der Waals surface area (Å²) in [6.07, 6.45) is 4.58. The van der Waals surface area contributed by atoms with Crippen molar-refractivity contribution in [3.8, 4) is 0 Å². The number of carbonyl (C=O) groups excluding carboxylic acids is 1. The van der Waals surface area contributed by atoms with Crippen LogP contribution in [0.2, 0.25) is 0 Å². The van der Waals surface area contributed by atoms with Gasteiger partial charge >= 0.3 is 5.69 Å². The van der Waals surface area contributed by atoms with E-state index in [2.05, 4.69) is 20.2 Å².